The van der Waals surface area contributed by atoms with E-state index in [0.717, 1.165) is 33.2 Å². The van der Waals surface area contributed by atoms with Gasteiger partial charge in [-0.3, -0.25) is 0 Å². The summed E-state index contributed by atoms with van der Waals surface area (Å²) >= 11 is 6.15. The lowest BCUT2D eigenvalue weighted by atomic mass is 10.0. The fourth-order valence-electron chi connectivity index (χ4n) is 3.55. The average Bonchev–Trinajstić information content (AvgIpc) is 2.79. The second-order valence-corrected chi connectivity index (χ2v) is 7.75. The summed E-state index contributed by atoms with van der Waals surface area (Å²) in [7, 11) is 0. The van der Waals surface area contributed by atoms with Crippen LogP contribution in [-0.2, 0) is 13.2 Å². The summed E-state index contributed by atoms with van der Waals surface area (Å²) in [6.07, 6.45) is -0.599. The van der Waals surface area contributed by atoms with Gasteiger partial charge in [-0.25, -0.2) is 4.39 Å². The molecule has 1 atom stereocenters. The highest BCUT2D eigenvalue weighted by molar-refractivity contribution is 6.31. The van der Waals surface area contributed by atoms with Gasteiger partial charge in [0.05, 0.1) is 11.1 Å². The number of hydrogen-bond acceptors (Lipinski definition) is 3. The minimum atomic E-state index is -0.599. The molecule has 31 heavy (non-hydrogen) atoms. The maximum Gasteiger partial charge on any atom is 0.124 e. The van der Waals surface area contributed by atoms with E-state index in [-0.39, 0.29) is 12.4 Å². The molecule has 4 rings (SSSR count). The molecule has 0 radical (unpaired) electrons. The summed E-state index contributed by atoms with van der Waals surface area (Å²) in [6, 6.07) is 25.9. The standard InChI is InChI=1S/C26H23ClFNO2/c27-24-14-21(28)12-10-20(24)17-31-26-13-11-18-6-4-5-9-22(18)23(26)15-29-16-25(30)19-7-2-1-3-8-19/h1-14,25,29-30H,15-17H2/t25-/m1/s1. The maximum atomic E-state index is 13.3. The van der Waals surface area contributed by atoms with Gasteiger partial charge in [-0.05, 0) is 34.5 Å². The molecule has 0 heterocycles. The topological polar surface area (TPSA) is 41.5 Å². The van der Waals surface area contributed by atoms with Crippen LogP contribution in [0.3, 0.4) is 0 Å². The van der Waals surface area contributed by atoms with Crippen LogP contribution < -0.4 is 10.1 Å². The van der Waals surface area contributed by atoms with Crippen molar-refractivity contribution in [1.82, 2.24) is 5.32 Å². The van der Waals surface area contributed by atoms with Crippen LogP contribution in [0.1, 0.15) is 22.8 Å². The average molecular weight is 436 g/mol. The SMILES string of the molecule is O[C@H](CNCc1c(OCc2ccc(F)cc2Cl)ccc2ccccc12)c1ccccc1. The molecule has 0 aromatic heterocycles. The van der Waals surface area contributed by atoms with Crippen LogP contribution in [0.15, 0.2) is 84.9 Å². The van der Waals surface area contributed by atoms with Gasteiger partial charge in [0.1, 0.15) is 18.2 Å². The van der Waals surface area contributed by atoms with Crippen molar-refractivity contribution in [1.29, 1.82) is 0 Å². The number of ether oxygens (including phenoxy) is 1. The van der Waals surface area contributed by atoms with E-state index < -0.39 is 6.10 Å². The van der Waals surface area contributed by atoms with Crippen molar-refractivity contribution in [2.75, 3.05) is 6.54 Å². The maximum absolute atomic E-state index is 13.3. The van der Waals surface area contributed by atoms with Crippen LogP contribution in [0.2, 0.25) is 5.02 Å². The third-order valence-corrected chi connectivity index (χ3v) is 5.57. The first-order chi connectivity index (χ1) is 15.1. The molecule has 4 aromatic carbocycles. The number of aliphatic hydroxyl groups excluding tert-OH is 1. The molecule has 5 heteroatoms. The zero-order valence-electron chi connectivity index (χ0n) is 16.9. The summed E-state index contributed by atoms with van der Waals surface area (Å²) in [5.41, 5.74) is 2.58. The van der Waals surface area contributed by atoms with Crippen molar-refractivity contribution in [3.63, 3.8) is 0 Å². The van der Waals surface area contributed by atoms with E-state index in [0.29, 0.717) is 18.1 Å². The lowest BCUT2D eigenvalue weighted by Gasteiger charge is -2.17. The molecule has 0 saturated heterocycles. The molecule has 158 valence electrons. The van der Waals surface area contributed by atoms with E-state index in [1.807, 2.05) is 54.6 Å². The lowest BCUT2D eigenvalue weighted by molar-refractivity contribution is 0.174. The van der Waals surface area contributed by atoms with Crippen LogP contribution >= 0.6 is 11.6 Å². The largest absolute Gasteiger partial charge is 0.488 e. The molecule has 4 aromatic rings. The van der Waals surface area contributed by atoms with Gasteiger partial charge in [0.2, 0.25) is 0 Å². The van der Waals surface area contributed by atoms with E-state index in [4.69, 9.17) is 16.3 Å². The molecule has 0 saturated carbocycles. The first-order valence-corrected chi connectivity index (χ1v) is 10.5. The minimum absolute atomic E-state index is 0.233. The van der Waals surface area contributed by atoms with E-state index in [9.17, 15) is 9.50 Å². The fraction of sp³-hybridized carbons (Fsp3) is 0.154. The number of fused-ring (bicyclic) bond motifs is 1. The first-order valence-electron chi connectivity index (χ1n) is 10.1. The van der Waals surface area contributed by atoms with Crippen molar-refractivity contribution < 1.29 is 14.2 Å². The second kappa shape index (κ2) is 9.92. The van der Waals surface area contributed by atoms with Crippen LogP contribution in [0.5, 0.6) is 5.75 Å². The van der Waals surface area contributed by atoms with Gasteiger partial charge < -0.3 is 15.2 Å². The number of aliphatic hydroxyl groups is 1. The van der Waals surface area contributed by atoms with Crippen LogP contribution in [0.4, 0.5) is 4.39 Å². The Morgan fingerprint density at radius 1 is 0.935 bits per heavy atom. The number of nitrogens with one attached hydrogen (secondary N) is 1. The molecular formula is C26H23ClFNO2. The monoisotopic (exact) mass is 435 g/mol. The van der Waals surface area contributed by atoms with Gasteiger partial charge in [0.25, 0.3) is 0 Å². The normalized spacial score (nSPS) is 12.1. The van der Waals surface area contributed by atoms with E-state index in [2.05, 4.69) is 17.4 Å². The summed E-state index contributed by atoms with van der Waals surface area (Å²) in [5.74, 6) is 0.349. The Morgan fingerprint density at radius 3 is 2.52 bits per heavy atom. The van der Waals surface area contributed by atoms with Crippen LogP contribution in [0, 0.1) is 5.82 Å². The van der Waals surface area contributed by atoms with Crippen molar-refractivity contribution >= 4 is 22.4 Å². The Labute approximate surface area is 186 Å². The molecule has 2 N–H and O–H groups in total. The summed E-state index contributed by atoms with van der Waals surface area (Å²) in [4.78, 5) is 0. The third kappa shape index (κ3) is 5.23. The Bertz CT molecular complexity index is 1170. The van der Waals surface area contributed by atoms with Gasteiger partial charge in [-0.2, -0.15) is 0 Å². The lowest BCUT2D eigenvalue weighted by Crippen LogP contribution is -2.21. The van der Waals surface area contributed by atoms with E-state index in [1.165, 1.54) is 12.1 Å². The van der Waals surface area contributed by atoms with Gasteiger partial charge in [-0.1, -0.05) is 78.3 Å². The highest BCUT2D eigenvalue weighted by atomic mass is 35.5. The predicted octanol–water partition coefficient (Wildman–Crippen LogP) is 6.03. The van der Waals surface area contributed by atoms with Gasteiger partial charge in [0.15, 0.2) is 0 Å². The number of rotatable bonds is 8. The molecule has 0 aliphatic heterocycles. The first kappa shape index (κ1) is 21.3. The van der Waals surface area contributed by atoms with Crippen molar-refractivity contribution in [2.45, 2.75) is 19.3 Å². The quantitative estimate of drug-likeness (QED) is 0.355. The molecule has 0 fully saturated rings. The van der Waals surface area contributed by atoms with Gasteiger partial charge in [-0.15, -0.1) is 0 Å². The van der Waals surface area contributed by atoms with E-state index in [1.54, 1.807) is 6.07 Å². The number of halogens is 2. The zero-order chi connectivity index (χ0) is 21.6. The molecular weight excluding hydrogens is 413 g/mol. The minimum Gasteiger partial charge on any atom is -0.488 e. The van der Waals surface area contributed by atoms with Gasteiger partial charge in [0, 0.05) is 24.2 Å². The molecule has 0 amide bonds. The fourth-order valence-corrected chi connectivity index (χ4v) is 3.78. The number of benzene rings is 4. The van der Waals surface area contributed by atoms with Gasteiger partial charge >= 0.3 is 0 Å². The smallest absolute Gasteiger partial charge is 0.124 e. The Balaban J connectivity index is 1.52. The molecule has 0 unspecified atom stereocenters. The molecule has 0 spiro atoms. The number of hydrogen-bond donors (Lipinski definition) is 2. The Hall–Kier alpha value is -2.92. The van der Waals surface area contributed by atoms with Crippen molar-refractivity contribution in [3.05, 3.63) is 112 Å². The zero-order valence-corrected chi connectivity index (χ0v) is 17.6. The summed E-state index contributed by atoms with van der Waals surface area (Å²) in [5, 5.41) is 16.3. The van der Waals surface area contributed by atoms with Crippen LogP contribution in [-0.4, -0.2) is 11.7 Å². The summed E-state index contributed by atoms with van der Waals surface area (Å²) in [6.45, 7) is 1.17. The van der Waals surface area contributed by atoms with Crippen LogP contribution in [0.25, 0.3) is 10.8 Å². The molecule has 0 aliphatic rings. The summed E-state index contributed by atoms with van der Waals surface area (Å²) < 4.78 is 19.4. The molecule has 3 nitrogen and oxygen atoms in total. The molecule has 0 aliphatic carbocycles. The highest BCUT2D eigenvalue weighted by Crippen LogP contribution is 2.30. The van der Waals surface area contributed by atoms with Crippen molar-refractivity contribution in [3.8, 4) is 5.75 Å². The van der Waals surface area contributed by atoms with Crippen molar-refractivity contribution in [2.24, 2.45) is 0 Å². The Morgan fingerprint density at radius 2 is 1.71 bits per heavy atom. The Kier molecular flexibility index (Phi) is 6.82. The van der Waals surface area contributed by atoms with E-state index >= 15 is 0 Å². The second-order valence-electron chi connectivity index (χ2n) is 7.35. The highest BCUT2D eigenvalue weighted by Gasteiger charge is 2.12. The molecule has 0 bridgehead atoms. The predicted molar refractivity (Wildman–Crippen MR) is 123 cm³/mol. The third-order valence-electron chi connectivity index (χ3n) is 5.22.